The average Bonchev–Trinajstić information content (AvgIpc) is 2.95. The average molecular weight is 303 g/mol. The summed E-state index contributed by atoms with van der Waals surface area (Å²) in [4.78, 5) is 15.1. The molecule has 0 aliphatic carbocycles. The monoisotopic (exact) mass is 303 g/mol. The SMILES string of the molecule is O=C(NCc1cc2ccccc2[nH]1)NCC1(O)CCOCC1. The van der Waals surface area contributed by atoms with Gasteiger partial charge in [0, 0.05) is 43.8 Å². The van der Waals surface area contributed by atoms with Crippen molar-refractivity contribution in [3.8, 4) is 0 Å². The molecular weight excluding hydrogens is 282 g/mol. The molecule has 1 aromatic heterocycles. The molecule has 22 heavy (non-hydrogen) atoms. The highest BCUT2D eigenvalue weighted by Crippen LogP contribution is 2.19. The van der Waals surface area contributed by atoms with Crippen LogP contribution in [0.15, 0.2) is 30.3 Å². The van der Waals surface area contributed by atoms with Crippen LogP contribution in [0.2, 0.25) is 0 Å². The molecule has 1 fully saturated rings. The number of benzene rings is 1. The molecule has 4 N–H and O–H groups in total. The summed E-state index contributed by atoms with van der Waals surface area (Å²) in [6.45, 7) is 1.74. The Morgan fingerprint density at radius 2 is 2.05 bits per heavy atom. The molecule has 0 bridgehead atoms. The second kappa shape index (κ2) is 6.37. The minimum Gasteiger partial charge on any atom is -0.388 e. The number of aromatic amines is 1. The third-order valence-electron chi connectivity index (χ3n) is 4.03. The zero-order chi connectivity index (χ0) is 15.4. The molecule has 1 saturated heterocycles. The first-order chi connectivity index (χ1) is 10.6. The van der Waals surface area contributed by atoms with Crippen LogP contribution in [0.5, 0.6) is 0 Å². The van der Waals surface area contributed by atoms with Crippen molar-refractivity contribution >= 4 is 16.9 Å². The number of fused-ring (bicyclic) bond motifs is 1. The summed E-state index contributed by atoms with van der Waals surface area (Å²) in [5, 5.41) is 16.9. The van der Waals surface area contributed by atoms with E-state index in [1.165, 1.54) is 0 Å². The summed E-state index contributed by atoms with van der Waals surface area (Å²) in [6, 6.07) is 9.71. The predicted molar refractivity (Wildman–Crippen MR) is 83.5 cm³/mol. The first-order valence-corrected chi connectivity index (χ1v) is 7.53. The number of carbonyl (C=O) groups excluding carboxylic acids is 1. The number of urea groups is 1. The molecule has 2 amide bonds. The van der Waals surface area contributed by atoms with E-state index in [1.54, 1.807) is 0 Å². The van der Waals surface area contributed by atoms with Gasteiger partial charge in [-0.3, -0.25) is 0 Å². The Hall–Kier alpha value is -2.05. The van der Waals surface area contributed by atoms with Gasteiger partial charge in [-0.1, -0.05) is 18.2 Å². The Morgan fingerprint density at radius 1 is 1.27 bits per heavy atom. The fourth-order valence-corrected chi connectivity index (χ4v) is 2.64. The third kappa shape index (κ3) is 3.58. The zero-order valence-corrected chi connectivity index (χ0v) is 12.4. The van der Waals surface area contributed by atoms with Crippen LogP contribution in [0, 0.1) is 0 Å². The van der Waals surface area contributed by atoms with Crippen LogP contribution >= 0.6 is 0 Å². The van der Waals surface area contributed by atoms with Crippen molar-refractivity contribution in [2.45, 2.75) is 25.0 Å². The lowest BCUT2D eigenvalue weighted by atomic mass is 9.94. The van der Waals surface area contributed by atoms with Crippen molar-refractivity contribution in [3.05, 3.63) is 36.0 Å². The molecule has 2 heterocycles. The van der Waals surface area contributed by atoms with E-state index in [4.69, 9.17) is 4.74 Å². The predicted octanol–water partition coefficient (Wildman–Crippen LogP) is 1.51. The first kappa shape index (κ1) is 14.9. The third-order valence-corrected chi connectivity index (χ3v) is 4.03. The van der Waals surface area contributed by atoms with E-state index in [-0.39, 0.29) is 12.6 Å². The molecule has 3 rings (SSSR count). The summed E-state index contributed by atoms with van der Waals surface area (Å²) in [6.07, 6.45) is 1.10. The summed E-state index contributed by atoms with van der Waals surface area (Å²) >= 11 is 0. The Balaban J connectivity index is 1.47. The maximum absolute atomic E-state index is 11.8. The molecule has 0 atom stereocenters. The van der Waals surface area contributed by atoms with Gasteiger partial charge in [-0.2, -0.15) is 0 Å². The fourth-order valence-electron chi connectivity index (χ4n) is 2.64. The highest BCUT2D eigenvalue weighted by molar-refractivity contribution is 5.80. The first-order valence-electron chi connectivity index (χ1n) is 7.53. The highest BCUT2D eigenvalue weighted by Gasteiger charge is 2.29. The van der Waals surface area contributed by atoms with Crippen molar-refractivity contribution in [2.24, 2.45) is 0 Å². The van der Waals surface area contributed by atoms with Gasteiger partial charge < -0.3 is 25.5 Å². The molecule has 2 aromatic rings. The van der Waals surface area contributed by atoms with Crippen LogP contribution in [0.1, 0.15) is 18.5 Å². The van der Waals surface area contributed by atoms with Crippen molar-refractivity contribution < 1.29 is 14.6 Å². The minimum absolute atomic E-state index is 0.245. The number of amides is 2. The van der Waals surface area contributed by atoms with E-state index >= 15 is 0 Å². The van der Waals surface area contributed by atoms with Crippen LogP contribution in [0.4, 0.5) is 4.79 Å². The van der Waals surface area contributed by atoms with Gasteiger partial charge >= 0.3 is 6.03 Å². The Morgan fingerprint density at radius 3 is 2.82 bits per heavy atom. The molecular formula is C16H21N3O3. The molecule has 6 heteroatoms. The fraction of sp³-hybridized carbons (Fsp3) is 0.438. The maximum Gasteiger partial charge on any atom is 0.315 e. The maximum atomic E-state index is 11.8. The number of hydrogen-bond donors (Lipinski definition) is 4. The molecule has 6 nitrogen and oxygen atoms in total. The van der Waals surface area contributed by atoms with Gasteiger partial charge in [0.1, 0.15) is 0 Å². The van der Waals surface area contributed by atoms with E-state index in [0.29, 0.717) is 32.6 Å². The van der Waals surface area contributed by atoms with Crippen molar-refractivity contribution in [2.75, 3.05) is 19.8 Å². The van der Waals surface area contributed by atoms with Crippen molar-refractivity contribution in [3.63, 3.8) is 0 Å². The highest BCUT2D eigenvalue weighted by atomic mass is 16.5. The lowest BCUT2D eigenvalue weighted by molar-refractivity contribution is -0.0600. The van der Waals surface area contributed by atoms with Crippen LogP contribution in [0.25, 0.3) is 10.9 Å². The van der Waals surface area contributed by atoms with Crippen LogP contribution in [-0.2, 0) is 11.3 Å². The summed E-state index contributed by atoms with van der Waals surface area (Å²) in [7, 11) is 0. The smallest absolute Gasteiger partial charge is 0.315 e. The number of carbonyl (C=O) groups is 1. The molecule has 0 spiro atoms. The van der Waals surface area contributed by atoms with Crippen molar-refractivity contribution in [1.82, 2.24) is 15.6 Å². The molecule has 1 aliphatic heterocycles. The van der Waals surface area contributed by atoms with Gasteiger partial charge in [0.2, 0.25) is 0 Å². The van der Waals surface area contributed by atoms with Crippen LogP contribution < -0.4 is 10.6 Å². The number of rotatable bonds is 4. The van der Waals surface area contributed by atoms with Crippen molar-refractivity contribution in [1.29, 1.82) is 0 Å². The van der Waals surface area contributed by atoms with Gasteiger partial charge in [0.25, 0.3) is 0 Å². The van der Waals surface area contributed by atoms with Crippen LogP contribution in [0.3, 0.4) is 0 Å². The molecule has 0 unspecified atom stereocenters. The normalized spacial score (nSPS) is 17.3. The molecule has 0 radical (unpaired) electrons. The molecule has 1 aromatic carbocycles. The van der Waals surface area contributed by atoms with E-state index in [9.17, 15) is 9.90 Å². The number of para-hydroxylation sites is 1. The van der Waals surface area contributed by atoms with Gasteiger partial charge in [-0.05, 0) is 17.5 Å². The summed E-state index contributed by atoms with van der Waals surface area (Å²) < 4.78 is 5.21. The number of nitrogens with one attached hydrogen (secondary N) is 3. The summed E-state index contributed by atoms with van der Waals surface area (Å²) in [5.74, 6) is 0. The number of aliphatic hydroxyl groups is 1. The zero-order valence-electron chi connectivity index (χ0n) is 12.4. The second-order valence-corrected chi connectivity index (χ2v) is 5.75. The Labute approximate surface area is 128 Å². The molecule has 118 valence electrons. The minimum atomic E-state index is -0.850. The van der Waals surface area contributed by atoms with Gasteiger partial charge in [-0.25, -0.2) is 4.79 Å². The van der Waals surface area contributed by atoms with Gasteiger partial charge in [-0.15, -0.1) is 0 Å². The molecule has 1 aliphatic rings. The topological polar surface area (TPSA) is 86.4 Å². The lowest BCUT2D eigenvalue weighted by Gasteiger charge is -2.32. The largest absolute Gasteiger partial charge is 0.388 e. The quantitative estimate of drug-likeness (QED) is 0.690. The van der Waals surface area contributed by atoms with E-state index in [2.05, 4.69) is 15.6 Å². The lowest BCUT2D eigenvalue weighted by Crippen LogP contribution is -2.48. The van der Waals surface area contributed by atoms with Gasteiger partial charge in [0.15, 0.2) is 0 Å². The Bertz CT molecular complexity index is 614. The number of ether oxygens (including phenoxy) is 1. The van der Waals surface area contributed by atoms with E-state index in [1.807, 2.05) is 30.3 Å². The number of hydrogen-bond acceptors (Lipinski definition) is 3. The van der Waals surface area contributed by atoms with E-state index in [0.717, 1.165) is 16.6 Å². The number of H-pyrrole nitrogens is 1. The van der Waals surface area contributed by atoms with E-state index < -0.39 is 5.60 Å². The standard InChI is InChI=1S/C16H21N3O3/c20-15(18-11-16(21)5-7-22-8-6-16)17-10-13-9-12-3-1-2-4-14(12)19-13/h1-4,9,19,21H,5-8,10-11H2,(H2,17,18,20). The van der Waals surface area contributed by atoms with Gasteiger partial charge in [0.05, 0.1) is 12.1 Å². The second-order valence-electron chi connectivity index (χ2n) is 5.75. The summed E-state index contributed by atoms with van der Waals surface area (Å²) in [5.41, 5.74) is 1.15. The number of aromatic nitrogens is 1. The van der Waals surface area contributed by atoms with Crippen LogP contribution in [-0.4, -0.2) is 41.5 Å². The molecule has 0 saturated carbocycles. The Kier molecular flexibility index (Phi) is 4.31.